The lowest BCUT2D eigenvalue weighted by molar-refractivity contribution is -0.128. The Balaban J connectivity index is 1.91. The first kappa shape index (κ1) is 11.9. The zero-order valence-electron chi connectivity index (χ0n) is 10.0. The Labute approximate surface area is 97.6 Å². The third kappa shape index (κ3) is 2.57. The molecule has 2 aliphatic rings. The summed E-state index contributed by atoms with van der Waals surface area (Å²) in [5.74, 6) is 0.402. The SMILES string of the molecule is O=C(NC1(CO)CCCCC1)C1CCCC1. The van der Waals surface area contributed by atoms with Gasteiger partial charge in [-0.25, -0.2) is 0 Å². The third-order valence-corrected chi connectivity index (χ3v) is 4.23. The second-order valence-electron chi connectivity index (χ2n) is 5.47. The fraction of sp³-hybridized carbons (Fsp3) is 0.923. The monoisotopic (exact) mass is 225 g/mol. The van der Waals surface area contributed by atoms with Crippen molar-refractivity contribution in [2.75, 3.05) is 6.61 Å². The van der Waals surface area contributed by atoms with Gasteiger partial charge in [0.2, 0.25) is 5.91 Å². The van der Waals surface area contributed by atoms with Gasteiger partial charge in [-0.2, -0.15) is 0 Å². The van der Waals surface area contributed by atoms with Gasteiger partial charge in [-0.15, -0.1) is 0 Å². The van der Waals surface area contributed by atoms with Crippen LogP contribution in [0.5, 0.6) is 0 Å². The zero-order valence-corrected chi connectivity index (χ0v) is 10.0. The van der Waals surface area contributed by atoms with Crippen molar-refractivity contribution in [2.45, 2.75) is 63.3 Å². The molecule has 2 rings (SSSR count). The van der Waals surface area contributed by atoms with E-state index in [9.17, 15) is 9.90 Å². The van der Waals surface area contributed by atoms with Gasteiger partial charge in [-0.1, -0.05) is 32.1 Å². The molecule has 92 valence electrons. The van der Waals surface area contributed by atoms with Crippen LogP contribution < -0.4 is 5.32 Å². The van der Waals surface area contributed by atoms with Gasteiger partial charge in [0.05, 0.1) is 12.1 Å². The summed E-state index contributed by atoms with van der Waals surface area (Å²) in [5.41, 5.74) is -0.294. The lowest BCUT2D eigenvalue weighted by Gasteiger charge is -2.37. The van der Waals surface area contributed by atoms with Crippen LogP contribution in [0.4, 0.5) is 0 Å². The number of nitrogens with one attached hydrogen (secondary N) is 1. The van der Waals surface area contributed by atoms with Crippen molar-refractivity contribution in [3.05, 3.63) is 0 Å². The Kier molecular flexibility index (Phi) is 3.85. The van der Waals surface area contributed by atoms with Crippen molar-refractivity contribution in [2.24, 2.45) is 5.92 Å². The second kappa shape index (κ2) is 5.17. The number of hydrogen-bond acceptors (Lipinski definition) is 2. The fourth-order valence-electron chi connectivity index (χ4n) is 3.10. The number of carbonyl (C=O) groups is 1. The lowest BCUT2D eigenvalue weighted by Crippen LogP contribution is -2.53. The summed E-state index contributed by atoms with van der Waals surface area (Å²) in [4.78, 5) is 12.1. The van der Waals surface area contributed by atoms with E-state index in [1.807, 2.05) is 0 Å². The minimum absolute atomic E-state index is 0.103. The molecular formula is C13H23NO2. The number of hydrogen-bond donors (Lipinski definition) is 2. The number of aliphatic hydroxyl groups is 1. The van der Waals surface area contributed by atoms with Gasteiger partial charge >= 0.3 is 0 Å². The molecule has 0 bridgehead atoms. The molecular weight excluding hydrogens is 202 g/mol. The van der Waals surface area contributed by atoms with Crippen LogP contribution in [-0.2, 0) is 4.79 Å². The molecule has 0 radical (unpaired) electrons. The summed E-state index contributed by atoms with van der Waals surface area (Å²) in [7, 11) is 0. The summed E-state index contributed by atoms with van der Waals surface area (Å²) >= 11 is 0. The van der Waals surface area contributed by atoms with Crippen LogP contribution in [0.1, 0.15) is 57.8 Å². The van der Waals surface area contributed by atoms with Gasteiger partial charge in [-0.3, -0.25) is 4.79 Å². The number of rotatable bonds is 3. The molecule has 3 nitrogen and oxygen atoms in total. The summed E-state index contributed by atoms with van der Waals surface area (Å²) in [6, 6.07) is 0. The van der Waals surface area contributed by atoms with Gasteiger partial charge < -0.3 is 10.4 Å². The van der Waals surface area contributed by atoms with E-state index in [1.54, 1.807) is 0 Å². The van der Waals surface area contributed by atoms with E-state index in [0.717, 1.165) is 38.5 Å². The molecule has 0 unspecified atom stereocenters. The Morgan fingerprint density at radius 3 is 2.31 bits per heavy atom. The van der Waals surface area contributed by atoms with Gasteiger partial charge in [0, 0.05) is 5.92 Å². The van der Waals surface area contributed by atoms with Gasteiger partial charge in [0.15, 0.2) is 0 Å². The smallest absolute Gasteiger partial charge is 0.223 e. The molecule has 16 heavy (non-hydrogen) atoms. The maximum atomic E-state index is 12.1. The maximum absolute atomic E-state index is 12.1. The van der Waals surface area contributed by atoms with E-state index in [1.165, 1.54) is 19.3 Å². The van der Waals surface area contributed by atoms with E-state index in [-0.39, 0.29) is 24.0 Å². The number of amides is 1. The highest BCUT2D eigenvalue weighted by atomic mass is 16.3. The summed E-state index contributed by atoms with van der Waals surface area (Å²) in [5, 5.41) is 12.7. The molecule has 0 aromatic rings. The van der Waals surface area contributed by atoms with Crippen molar-refractivity contribution in [1.29, 1.82) is 0 Å². The average Bonchev–Trinajstić information content (AvgIpc) is 2.84. The van der Waals surface area contributed by atoms with E-state index < -0.39 is 0 Å². The molecule has 2 aliphatic carbocycles. The van der Waals surface area contributed by atoms with Crippen molar-refractivity contribution in [1.82, 2.24) is 5.32 Å². The molecule has 0 atom stereocenters. The van der Waals surface area contributed by atoms with Gasteiger partial charge in [0.25, 0.3) is 0 Å². The Hall–Kier alpha value is -0.570. The standard InChI is InChI=1S/C13H23NO2/c15-10-13(8-4-1-5-9-13)14-12(16)11-6-2-3-7-11/h11,15H,1-10H2,(H,14,16). The predicted molar refractivity (Wildman–Crippen MR) is 63.0 cm³/mol. The molecule has 0 aromatic carbocycles. The van der Waals surface area contributed by atoms with Crippen LogP contribution in [0, 0.1) is 5.92 Å². The molecule has 0 saturated heterocycles. The highest BCUT2D eigenvalue weighted by Crippen LogP contribution is 2.30. The Bertz CT molecular complexity index is 240. The largest absolute Gasteiger partial charge is 0.394 e. The third-order valence-electron chi connectivity index (χ3n) is 4.23. The predicted octanol–water partition coefficient (Wildman–Crippen LogP) is 1.99. The van der Waals surface area contributed by atoms with E-state index in [4.69, 9.17) is 0 Å². The van der Waals surface area contributed by atoms with Crippen LogP contribution in [0.15, 0.2) is 0 Å². The molecule has 3 heteroatoms. The normalized spacial score (nSPS) is 25.6. The summed E-state index contributed by atoms with van der Waals surface area (Å²) < 4.78 is 0. The first-order valence-electron chi connectivity index (χ1n) is 6.69. The van der Waals surface area contributed by atoms with Crippen LogP contribution in [0.2, 0.25) is 0 Å². The van der Waals surface area contributed by atoms with E-state index >= 15 is 0 Å². The maximum Gasteiger partial charge on any atom is 0.223 e. The lowest BCUT2D eigenvalue weighted by atomic mass is 9.82. The van der Waals surface area contributed by atoms with E-state index in [2.05, 4.69) is 5.32 Å². The summed E-state index contributed by atoms with van der Waals surface area (Å²) in [6.07, 6.45) is 9.83. The molecule has 1 amide bonds. The van der Waals surface area contributed by atoms with Crippen LogP contribution in [0.3, 0.4) is 0 Å². The number of aliphatic hydroxyl groups excluding tert-OH is 1. The molecule has 2 fully saturated rings. The van der Waals surface area contributed by atoms with Crippen LogP contribution in [-0.4, -0.2) is 23.2 Å². The van der Waals surface area contributed by atoms with Crippen LogP contribution in [0.25, 0.3) is 0 Å². The Morgan fingerprint density at radius 2 is 1.75 bits per heavy atom. The second-order valence-corrected chi connectivity index (χ2v) is 5.47. The van der Waals surface area contributed by atoms with Crippen molar-refractivity contribution < 1.29 is 9.90 Å². The van der Waals surface area contributed by atoms with E-state index in [0.29, 0.717) is 0 Å². The topological polar surface area (TPSA) is 49.3 Å². The zero-order chi connectivity index (χ0) is 11.4. The summed E-state index contributed by atoms with van der Waals surface area (Å²) in [6.45, 7) is 0.103. The van der Waals surface area contributed by atoms with Crippen molar-refractivity contribution in [3.63, 3.8) is 0 Å². The first-order chi connectivity index (χ1) is 7.76. The van der Waals surface area contributed by atoms with Gasteiger partial charge in [-0.05, 0) is 25.7 Å². The molecule has 0 aromatic heterocycles. The quantitative estimate of drug-likeness (QED) is 0.771. The highest BCUT2D eigenvalue weighted by Gasteiger charge is 2.35. The van der Waals surface area contributed by atoms with Gasteiger partial charge in [0.1, 0.15) is 0 Å². The average molecular weight is 225 g/mol. The molecule has 0 heterocycles. The minimum Gasteiger partial charge on any atom is -0.394 e. The highest BCUT2D eigenvalue weighted by molar-refractivity contribution is 5.79. The fourth-order valence-corrected chi connectivity index (χ4v) is 3.10. The molecule has 2 N–H and O–H groups in total. The van der Waals surface area contributed by atoms with Crippen LogP contribution >= 0.6 is 0 Å². The number of carbonyl (C=O) groups excluding carboxylic acids is 1. The molecule has 0 spiro atoms. The Morgan fingerprint density at radius 1 is 1.12 bits per heavy atom. The first-order valence-corrected chi connectivity index (χ1v) is 6.69. The minimum atomic E-state index is -0.294. The molecule has 0 aliphatic heterocycles. The van der Waals surface area contributed by atoms with Crippen molar-refractivity contribution >= 4 is 5.91 Å². The van der Waals surface area contributed by atoms with Crippen molar-refractivity contribution in [3.8, 4) is 0 Å². The molecule has 2 saturated carbocycles.